The molecular weight excluding hydrogens is 274 g/mol. The van der Waals surface area contributed by atoms with Crippen LogP contribution in [-0.4, -0.2) is 36.5 Å². The van der Waals surface area contributed by atoms with Crippen LogP contribution in [-0.2, 0) is 4.79 Å². The Morgan fingerprint density at radius 1 is 1.45 bits per heavy atom. The van der Waals surface area contributed by atoms with E-state index in [-0.39, 0.29) is 17.9 Å². The van der Waals surface area contributed by atoms with Gasteiger partial charge in [0.2, 0.25) is 5.91 Å². The van der Waals surface area contributed by atoms with Crippen molar-refractivity contribution in [2.24, 2.45) is 5.92 Å². The molecule has 0 radical (unpaired) electrons. The van der Waals surface area contributed by atoms with Gasteiger partial charge in [-0.25, -0.2) is 4.79 Å². The minimum Gasteiger partial charge on any atom is -0.352 e. The Kier molecular flexibility index (Phi) is 5.17. The van der Waals surface area contributed by atoms with Crippen molar-refractivity contribution < 1.29 is 9.59 Å². The lowest BCUT2D eigenvalue weighted by atomic mass is 9.96. The largest absolute Gasteiger partial charge is 0.352 e. The van der Waals surface area contributed by atoms with Gasteiger partial charge in [0, 0.05) is 25.6 Å². The lowest BCUT2D eigenvalue weighted by molar-refractivity contribution is -0.126. The van der Waals surface area contributed by atoms with Crippen LogP contribution in [0.15, 0.2) is 30.2 Å². The predicted octanol–water partition coefficient (Wildman–Crippen LogP) is 2.29. The number of amides is 3. The number of thiophene rings is 1. The molecule has 5 nitrogen and oxygen atoms in total. The Balaban J connectivity index is 1.77. The third-order valence-electron chi connectivity index (χ3n) is 3.32. The van der Waals surface area contributed by atoms with Gasteiger partial charge in [0.15, 0.2) is 0 Å². The SMILES string of the molecule is C=CCNC(=O)C1CCN(C(=O)Nc2cccs2)CC1. The van der Waals surface area contributed by atoms with Crippen LogP contribution in [0, 0.1) is 5.92 Å². The smallest absolute Gasteiger partial charge is 0.322 e. The molecular formula is C14H19N3O2S. The van der Waals surface area contributed by atoms with E-state index in [1.807, 2.05) is 17.5 Å². The van der Waals surface area contributed by atoms with Crippen molar-refractivity contribution >= 4 is 28.3 Å². The van der Waals surface area contributed by atoms with Gasteiger partial charge in [-0.05, 0) is 30.4 Å². The lowest BCUT2D eigenvalue weighted by Gasteiger charge is -2.31. The van der Waals surface area contributed by atoms with Crippen molar-refractivity contribution in [3.63, 3.8) is 0 Å². The van der Waals surface area contributed by atoms with E-state index in [4.69, 9.17) is 0 Å². The van der Waals surface area contributed by atoms with Crippen LogP contribution in [0.25, 0.3) is 0 Å². The molecule has 6 heteroatoms. The van der Waals surface area contributed by atoms with Crippen LogP contribution in [0.5, 0.6) is 0 Å². The molecule has 1 aromatic rings. The quantitative estimate of drug-likeness (QED) is 0.837. The van der Waals surface area contributed by atoms with Gasteiger partial charge in [-0.1, -0.05) is 6.08 Å². The molecule has 0 aliphatic carbocycles. The maximum Gasteiger partial charge on any atom is 0.322 e. The summed E-state index contributed by atoms with van der Waals surface area (Å²) >= 11 is 1.50. The minimum atomic E-state index is -0.0857. The second-order valence-electron chi connectivity index (χ2n) is 4.70. The number of likely N-dealkylation sites (tertiary alicyclic amines) is 1. The van der Waals surface area contributed by atoms with Crippen LogP contribution in [0.1, 0.15) is 12.8 Å². The first kappa shape index (κ1) is 14.6. The van der Waals surface area contributed by atoms with Gasteiger partial charge in [-0.2, -0.15) is 0 Å². The number of nitrogens with zero attached hydrogens (tertiary/aromatic N) is 1. The maximum atomic E-state index is 12.0. The van der Waals surface area contributed by atoms with Crippen molar-refractivity contribution in [2.45, 2.75) is 12.8 Å². The summed E-state index contributed by atoms with van der Waals surface area (Å²) in [5.41, 5.74) is 0. The minimum absolute atomic E-state index is 0.000683. The van der Waals surface area contributed by atoms with E-state index in [0.29, 0.717) is 32.5 Å². The highest BCUT2D eigenvalue weighted by Gasteiger charge is 2.27. The van der Waals surface area contributed by atoms with Crippen molar-refractivity contribution in [1.29, 1.82) is 0 Å². The number of anilines is 1. The third-order valence-corrected chi connectivity index (χ3v) is 4.11. The molecule has 2 heterocycles. The number of urea groups is 1. The van der Waals surface area contributed by atoms with E-state index in [1.165, 1.54) is 11.3 Å². The number of hydrogen-bond donors (Lipinski definition) is 2. The molecule has 0 bridgehead atoms. The highest BCUT2D eigenvalue weighted by atomic mass is 32.1. The normalized spacial score (nSPS) is 15.7. The Hall–Kier alpha value is -1.82. The molecule has 0 aromatic carbocycles. The lowest BCUT2D eigenvalue weighted by Crippen LogP contribution is -2.44. The predicted molar refractivity (Wildman–Crippen MR) is 80.8 cm³/mol. The Bertz CT molecular complexity index is 465. The number of rotatable bonds is 4. The summed E-state index contributed by atoms with van der Waals surface area (Å²) in [5, 5.41) is 8.44. The van der Waals surface area contributed by atoms with Crippen molar-refractivity contribution in [3.05, 3.63) is 30.2 Å². The molecule has 2 N–H and O–H groups in total. The van der Waals surface area contributed by atoms with Gasteiger partial charge in [0.25, 0.3) is 0 Å². The monoisotopic (exact) mass is 293 g/mol. The summed E-state index contributed by atoms with van der Waals surface area (Å²) in [4.78, 5) is 25.6. The molecule has 3 amide bonds. The van der Waals surface area contributed by atoms with E-state index in [9.17, 15) is 9.59 Å². The van der Waals surface area contributed by atoms with Crippen LogP contribution >= 0.6 is 11.3 Å². The fourth-order valence-corrected chi connectivity index (χ4v) is 2.80. The molecule has 1 saturated heterocycles. The zero-order chi connectivity index (χ0) is 14.4. The highest BCUT2D eigenvalue weighted by Crippen LogP contribution is 2.20. The number of hydrogen-bond acceptors (Lipinski definition) is 3. The van der Waals surface area contributed by atoms with Crippen molar-refractivity contribution in [1.82, 2.24) is 10.2 Å². The molecule has 1 fully saturated rings. The zero-order valence-corrected chi connectivity index (χ0v) is 12.1. The molecule has 0 atom stereocenters. The molecule has 108 valence electrons. The Labute approximate surface area is 122 Å². The van der Waals surface area contributed by atoms with Gasteiger partial charge in [-0.15, -0.1) is 17.9 Å². The molecule has 2 rings (SSSR count). The zero-order valence-electron chi connectivity index (χ0n) is 11.3. The van der Waals surface area contributed by atoms with Crippen molar-refractivity contribution in [2.75, 3.05) is 25.0 Å². The van der Waals surface area contributed by atoms with Crippen LogP contribution in [0.2, 0.25) is 0 Å². The first-order valence-electron chi connectivity index (χ1n) is 6.68. The first-order valence-corrected chi connectivity index (χ1v) is 7.56. The van der Waals surface area contributed by atoms with E-state index in [2.05, 4.69) is 17.2 Å². The van der Waals surface area contributed by atoms with Crippen LogP contribution < -0.4 is 10.6 Å². The molecule has 1 aromatic heterocycles. The summed E-state index contributed by atoms with van der Waals surface area (Å²) < 4.78 is 0. The van der Waals surface area contributed by atoms with Crippen LogP contribution in [0.3, 0.4) is 0 Å². The molecule has 1 aliphatic rings. The summed E-state index contributed by atoms with van der Waals surface area (Å²) in [7, 11) is 0. The van der Waals surface area contributed by atoms with Gasteiger partial charge in [0.05, 0.1) is 5.00 Å². The summed E-state index contributed by atoms with van der Waals surface area (Å²) in [5.74, 6) is 0.0592. The number of carbonyl (C=O) groups is 2. The van der Waals surface area contributed by atoms with E-state index in [0.717, 1.165) is 5.00 Å². The average Bonchev–Trinajstić information content (AvgIpc) is 2.97. The van der Waals surface area contributed by atoms with E-state index < -0.39 is 0 Å². The van der Waals surface area contributed by atoms with Gasteiger partial charge in [-0.3, -0.25) is 10.1 Å². The molecule has 0 unspecified atom stereocenters. The van der Waals surface area contributed by atoms with E-state index >= 15 is 0 Å². The van der Waals surface area contributed by atoms with Crippen LogP contribution in [0.4, 0.5) is 9.80 Å². The number of carbonyl (C=O) groups excluding carboxylic acids is 2. The standard InChI is InChI=1S/C14H19N3O2S/c1-2-7-15-13(18)11-5-8-17(9-6-11)14(19)16-12-4-3-10-20-12/h2-4,10-11H,1,5-9H2,(H,15,18)(H,16,19). The fraction of sp³-hybridized carbons (Fsp3) is 0.429. The van der Waals surface area contributed by atoms with Gasteiger partial charge in [0.1, 0.15) is 0 Å². The Morgan fingerprint density at radius 3 is 2.80 bits per heavy atom. The van der Waals surface area contributed by atoms with Crippen molar-refractivity contribution in [3.8, 4) is 0 Å². The topological polar surface area (TPSA) is 61.4 Å². The molecule has 1 aliphatic heterocycles. The van der Waals surface area contributed by atoms with Gasteiger partial charge >= 0.3 is 6.03 Å². The highest BCUT2D eigenvalue weighted by molar-refractivity contribution is 7.14. The second kappa shape index (κ2) is 7.09. The van der Waals surface area contributed by atoms with E-state index in [1.54, 1.807) is 11.0 Å². The van der Waals surface area contributed by atoms with Gasteiger partial charge < -0.3 is 10.2 Å². The summed E-state index contributed by atoms with van der Waals surface area (Å²) in [6.45, 7) is 5.30. The maximum absolute atomic E-state index is 12.0. The fourth-order valence-electron chi connectivity index (χ4n) is 2.20. The second-order valence-corrected chi connectivity index (χ2v) is 5.65. The first-order chi connectivity index (χ1) is 9.70. The Morgan fingerprint density at radius 2 is 2.20 bits per heavy atom. The molecule has 20 heavy (non-hydrogen) atoms. The molecule has 0 spiro atoms. The molecule has 0 saturated carbocycles. The third kappa shape index (κ3) is 3.84. The number of nitrogens with one attached hydrogen (secondary N) is 2. The average molecular weight is 293 g/mol. The number of piperidine rings is 1. The summed E-state index contributed by atoms with van der Waals surface area (Å²) in [6.07, 6.45) is 3.09. The summed E-state index contributed by atoms with van der Waals surface area (Å²) in [6, 6.07) is 3.69.